The summed E-state index contributed by atoms with van der Waals surface area (Å²) < 4.78 is 28.8. The lowest BCUT2D eigenvalue weighted by molar-refractivity contribution is 0.515. The number of fused-ring (bicyclic) bond motifs is 1. The van der Waals surface area contributed by atoms with Crippen LogP contribution >= 0.6 is 0 Å². The summed E-state index contributed by atoms with van der Waals surface area (Å²) in [6.07, 6.45) is 1.64. The lowest BCUT2D eigenvalue weighted by atomic mass is 10.1. The number of imidazole rings is 1. The van der Waals surface area contributed by atoms with Crippen LogP contribution < -0.4 is 0 Å². The highest BCUT2D eigenvalue weighted by atomic mass is 19.1. The molecule has 4 aromatic rings. The van der Waals surface area contributed by atoms with E-state index in [1.54, 1.807) is 36.7 Å². The van der Waals surface area contributed by atoms with Crippen molar-refractivity contribution in [1.29, 1.82) is 5.26 Å². The predicted molar refractivity (Wildman–Crippen MR) is 88.9 cm³/mol. The summed E-state index contributed by atoms with van der Waals surface area (Å²) in [6, 6.07) is 17.0. The fraction of sp³-hybridized carbons (Fsp3) is 0. The van der Waals surface area contributed by atoms with Crippen molar-refractivity contribution in [3.8, 4) is 22.9 Å². The second kappa shape index (κ2) is 5.80. The van der Waals surface area contributed by atoms with E-state index in [1.165, 1.54) is 6.07 Å². The van der Waals surface area contributed by atoms with Crippen LogP contribution in [0.5, 0.6) is 0 Å². The predicted octanol–water partition coefficient (Wildman–Crippen LogP) is 4.24. The number of pyridine rings is 1. The monoisotopic (exact) mass is 332 g/mol. The van der Waals surface area contributed by atoms with Crippen molar-refractivity contribution in [2.45, 2.75) is 0 Å². The third-order valence-electron chi connectivity index (χ3n) is 3.93. The van der Waals surface area contributed by atoms with Gasteiger partial charge in [-0.1, -0.05) is 12.1 Å². The third-order valence-corrected chi connectivity index (χ3v) is 3.93. The van der Waals surface area contributed by atoms with Gasteiger partial charge in [0.05, 0.1) is 22.7 Å². The maximum Gasteiger partial charge on any atom is 0.223 e. The Morgan fingerprint density at radius 3 is 2.68 bits per heavy atom. The van der Waals surface area contributed by atoms with E-state index in [1.807, 2.05) is 16.7 Å². The molecule has 2 aromatic heterocycles. The molecule has 2 aromatic carbocycles. The molecule has 4 nitrogen and oxygen atoms in total. The molecular weight excluding hydrogens is 322 g/mol. The second-order valence-electron chi connectivity index (χ2n) is 5.45. The van der Waals surface area contributed by atoms with Crippen molar-refractivity contribution < 1.29 is 8.78 Å². The average Bonchev–Trinajstić information content (AvgIpc) is 3.05. The van der Waals surface area contributed by atoms with Crippen LogP contribution in [0.25, 0.3) is 27.8 Å². The molecule has 0 bridgehead atoms. The summed E-state index contributed by atoms with van der Waals surface area (Å²) >= 11 is 0. The zero-order valence-corrected chi connectivity index (χ0v) is 12.8. The average molecular weight is 332 g/mol. The molecule has 120 valence electrons. The van der Waals surface area contributed by atoms with Gasteiger partial charge < -0.3 is 0 Å². The van der Waals surface area contributed by atoms with Crippen LogP contribution in [-0.2, 0) is 0 Å². The molecule has 0 aliphatic carbocycles. The van der Waals surface area contributed by atoms with Crippen molar-refractivity contribution in [2.75, 3.05) is 0 Å². The highest BCUT2D eigenvalue weighted by Gasteiger charge is 2.10. The topological polar surface area (TPSA) is 54.5 Å². The molecule has 0 N–H and O–H groups in total. The van der Waals surface area contributed by atoms with Crippen LogP contribution in [0.15, 0.2) is 60.9 Å². The fourth-order valence-corrected chi connectivity index (χ4v) is 2.74. The second-order valence-corrected chi connectivity index (χ2v) is 5.45. The van der Waals surface area contributed by atoms with E-state index >= 15 is 0 Å². The van der Waals surface area contributed by atoms with Gasteiger partial charge in [-0.25, -0.2) is 4.98 Å². The van der Waals surface area contributed by atoms with E-state index in [4.69, 9.17) is 5.26 Å². The van der Waals surface area contributed by atoms with Gasteiger partial charge in [0.1, 0.15) is 6.33 Å². The minimum absolute atomic E-state index is 0.222. The van der Waals surface area contributed by atoms with Crippen molar-refractivity contribution >= 4 is 11.0 Å². The van der Waals surface area contributed by atoms with Crippen molar-refractivity contribution in [3.63, 3.8) is 0 Å². The molecule has 0 fully saturated rings. The van der Waals surface area contributed by atoms with Gasteiger partial charge in [-0.05, 0) is 48.0 Å². The number of hydrogen-bond acceptors (Lipinski definition) is 3. The first-order valence-corrected chi connectivity index (χ1v) is 7.46. The van der Waals surface area contributed by atoms with Crippen LogP contribution in [0.3, 0.4) is 0 Å². The Labute approximate surface area is 141 Å². The number of halogens is 2. The number of nitrogens with zero attached hydrogens (tertiary/aromatic N) is 4. The van der Waals surface area contributed by atoms with E-state index in [9.17, 15) is 8.78 Å². The van der Waals surface area contributed by atoms with E-state index < -0.39 is 11.9 Å². The van der Waals surface area contributed by atoms with Crippen LogP contribution in [0.1, 0.15) is 5.56 Å². The van der Waals surface area contributed by atoms with Crippen LogP contribution in [0.2, 0.25) is 0 Å². The van der Waals surface area contributed by atoms with E-state index in [2.05, 4.69) is 16.0 Å². The first kappa shape index (κ1) is 15.0. The SMILES string of the molecule is N#Cc1ccc2c(c1)ncn2-c1cccc(-c2ccc(F)nc2F)c1. The lowest BCUT2D eigenvalue weighted by Crippen LogP contribution is -1.95. The fourth-order valence-electron chi connectivity index (χ4n) is 2.74. The van der Waals surface area contributed by atoms with Gasteiger partial charge in [-0.15, -0.1) is 0 Å². The summed E-state index contributed by atoms with van der Waals surface area (Å²) in [4.78, 5) is 7.54. The molecule has 0 aliphatic heterocycles. The maximum atomic E-state index is 13.9. The summed E-state index contributed by atoms with van der Waals surface area (Å²) in [5.74, 6) is -1.71. The Balaban J connectivity index is 1.84. The van der Waals surface area contributed by atoms with Gasteiger partial charge in [0.2, 0.25) is 11.9 Å². The van der Waals surface area contributed by atoms with Crippen molar-refractivity contribution in [1.82, 2.24) is 14.5 Å². The highest BCUT2D eigenvalue weighted by molar-refractivity contribution is 5.79. The molecule has 0 spiro atoms. The molecule has 4 rings (SSSR count). The first-order valence-electron chi connectivity index (χ1n) is 7.46. The highest BCUT2D eigenvalue weighted by Crippen LogP contribution is 2.26. The smallest absolute Gasteiger partial charge is 0.223 e. The number of aromatic nitrogens is 3. The molecule has 0 atom stereocenters. The molecule has 0 aliphatic rings. The molecule has 0 radical (unpaired) electrons. The standard InChI is InChI=1S/C19H10F2N4/c20-18-7-5-15(19(21)24-18)13-2-1-3-14(9-13)25-11-23-16-8-12(10-22)4-6-17(16)25/h1-9,11H. The van der Waals surface area contributed by atoms with Crippen LogP contribution in [-0.4, -0.2) is 14.5 Å². The largest absolute Gasteiger partial charge is 0.299 e. The van der Waals surface area contributed by atoms with Crippen LogP contribution in [0, 0.1) is 23.2 Å². The molecule has 6 heteroatoms. The molecule has 0 amide bonds. The number of hydrogen-bond donors (Lipinski definition) is 0. The number of rotatable bonds is 2. The quantitative estimate of drug-likeness (QED) is 0.516. The van der Waals surface area contributed by atoms with E-state index in [0.29, 0.717) is 16.6 Å². The molecule has 0 unspecified atom stereocenters. The Morgan fingerprint density at radius 2 is 1.88 bits per heavy atom. The lowest BCUT2D eigenvalue weighted by Gasteiger charge is -2.08. The number of nitriles is 1. The van der Waals surface area contributed by atoms with Crippen molar-refractivity contribution in [3.05, 3.63) is 78.4 Å². The van der Waals surface area contributed by atoms with Gasteiger partial charge in [-0.2, -0.15) is 19.0 Å². The molecular formula is C19H10F2N4. The molecule has 25 heavy (non-hydrogen) atoms. The van der Waals surface area contributed by atoms with Gasteiger partial charge in [0.25, 0.3) is 0 Å². The summed E-state index contributed by atoms with van der Waals surface area (Å²) in [7, 11) is 0. The summed E-state index contributed by atoms with van der Waals surface area (Å²) in [5, 5.41) is 8.98. The van der Waals surface area contributed by atoms with Crippen molar-refractivity contribution in [2.24, 2.45) is 0 Å². The number of benzene rings is 2. The maximum absolute atomic E-state index is 13.9. The molecule has 0 saturated heterocycles. The van der Waals surface area contributed by atoms with Crippen LogP contribution in [0.4, 0.5) is 8.78 Å². The minimum atomic E-state index is -0.855. The third kappa shape index (κ3) is 2.62. The Hall–Kier alpha value is -3.59. The minimum Gasteiger partial charge on any atom is -0.299 e. The Bertz CT molecular complexity index is 1140. The summed E-state index contributed by atoms with van der Waals surface area (Å²) in [5.41, 5.74) is 3.63. The van der Waals surface area contributed by atoms with E-state index in [-0.39, 0.29) is 5.56 Å². The Kier molecular flexibility index (Phi) is 3.47. The molecule has 2 heterocycles. The normalized spacial score (nSPS) is 10.8. The van der Waals surface area contributed by atoms with Gasteiger partial charge in [0.15, 0.2) is 0 Å². The first-order chi connectivity index (χ1) is 12.2. The van der Waals surface area contributed by atoms with Gasteiger partial charge in [-0.3, -0.25) is 4.57 Å². The van der Waals surface area contributed by atoms with Gasteiger partial charge >= 0.3 is 0 Å². The van der Waals surface area contributed by atoms with Gasteiger partial charge in [0, 0.05) is 11.3 Å². The zero-order chi connectivity index (χ0) is 17.4. The van der Waals surface area contributed by atoms with E-state index in [0.717, 1.165) is 17.3 Å². The summed E-state index contributed by atoms with van der Waals surface area (Å²) in [6.45, 7) is 0. The molecule has 0 saturated carbocycles. The Morgan fingerprint density at radius 1 is 1.00 bits per heavy atom. The zero-order valence-electron chi connectivity index (χ0n) is 12.8.